The molecule has 0 atom stereocenters. The summed E-state index contributed by atoms with van der Waals surface area (Å²) < 4.78 is 0. The first-order valence-electron chi connectivity index (χ1n) is 10.4. The van der Waals surface area contributed by atoms with Crippen molar-refractivity contribution in [2.45, 2.75) is 26.3 Å². The molecule has 4 rings (SSSR count). The number of aromatic amines is 1. The van der Waals surface area contributed by atoms with E-state index >= 15 is 0 Å². The molecule has 156 valence electrons. The number of halogens is 1. The zero-order chi connectivity index (χ0) is 20.9. The molecule has 1 fully saturated rings. The average Bonchev–Trinajstić information content (AvgIpc) is 3.00. The van der Waals surface area contributed by atoms with Crippen LogP contribution in [0.2, 0.25) is 5.02 Å². The van der Waals surface area contributed by atoms with Crippen LogP contribution in [0, 0.1) is 0 Å². The van der Waals surface area contributed by atoms with Gasteiger partial charge in [-0.15, -0.1) is 0 Å². The lowest BCUT2D eigenvalue weighted by Crippen LogP contribution is -2.30. The Morgan fingerprint density at radius 2 is 1.90 bits per heavy atom. The minimum atomic E-state index is -0.130. The van der Waals surface area contributed by atoms with E-state index in [1.165, 1.54) is 5.56 Å². The SMILES string of the molecule is CCc1cc(=O)[nH]c(-c2ccc(N3CCCN(Cc4ccc(Cl)cc4)CC3)nc2)n1. The van der Waals surface area contributed by atoms with Crippen molar-refractivity contribution in [1.29, 1.82) is 0 Å². The van der Waals surface area contributed by atoms with Crippen LogP contribution in [0.15, 0.2) is 53.5 Å². The molecule has 0 saturated carbocycles. The number of hydrogen-bond donors (Lipinski definition) is 1. The Labute approximate surface area is 181 Å². The number of rotatable bonds is 5. The van der Waals surface area contributed by atoms with E-state index in [9.17, 15) is 4.79 Å². The number of nitrogens with zero attached hydrogens (tertiary/aromatic N) is 4. The van der Waals surface area contributed by atoms with Crippen molar-refractivity contribution in [2.24, 2.45) is 0 Å². The average molecular weight is 424 g/mol. The molecular formula is C23H26ClN5O. The van der Waals surface area contributed by atoms with Gasteiger partial charge < -0.3 is 9.88 Å². The molecule has 0 radical (unpaired) electrons. The van der Waals surface area contributed by atoms with Crippen molar-refractivity contribution in [3.63, 3.8) is 0 Å². The highest BCUT2D eigenvalue weighted by atomic mass is 35.5. The Morgan fingerprint density at radius 3 is 2.63 bits per heavy atom. The summed E-state index contributed by atoms with van der Waals surface area (Å²) in [5.41, 5.74) is 2.76. The molecule has 0 amide bonds. The zero-order valence-electron chi connectivity index (χ0n) is 17.1. The Bertz CT molecular complexity index is 1030. The van der Waals surface area contributed by atoms with E-state index in [1.54, 1.807) is 12.3 Å². The summed E-state index contributed by atoms with van der Waals surface area (Å²) in [5, 5.41) is 0.774. The second-order valence-corrected chi connectivity index (χ2v) is 8.02. The van der Waals surface area contributed by atoms with Crippen molar-refractivity contribution in [2.75, 3.05) is 31.1 Å². The number of nitrogens with one attached hydrogen (secondary N) is 1. The summed E-state index contributed by atoms with van der Waals surface area (Å²) in [6, 6.07) is 13.6. The molecule has 0 spiro atoms. The maximum atomic E-state index is 11.8. The van der Waals surface area contributed by atoms with Gasteiger partial charge in [0.05, 0.1) is 0 Å². The lowest BCUT2D eigenvalue weighted by molar-refractivity contribution is 0.285. The fourth-order valence-electron chi connectivity index (χ4n) is 3.75. The van der Waals surface area contributed by atoms with Crippen LogP contribution in [-0.4, -0.2) is 46.0 Å². The Hall–Kier alpha value is -2.70. The number of hydrogen-bond acceptors (Lipinski definition) is 5. The van der Waals surface area contributed by atoms with Crippen molar-refractivity contribution in [3.8, 4) is 11.4 Å². The van der Waals surface area contributed by atoms with Gasteiger partial charge in [0.1, 0.15) is 11.6 Å². The standard InChI is InChI=1S/C23H26ClN5O/c1-2-20-14-22(30)27-23(26-20)18-6-9-21(25-15-18)29-11-3-10-28(12-13-29)16-17-4-7-19(24)8-5-17/h4-9,14-15H,2-3,10-13,16H2,1H3,(H,26,27,30). The number of H-pyrrole nitrogens is 1. The van der Waals surface area contributed by atoms with Crippen LogP contribution in [-0.2, 0) is 13.0 Å². The summed E-state index contributed by atoms with van der Waals surface area (Å²) in [7, 11) is 0. The van der Waals surface area contributed by atoms with E-state index in [0.29, 0.717) is 5.82 Å². The van der Waals surface area contributed by atoms with Crippen LogP contribution in [0.25, 0.3) is 11.4 Å². The monoisotopic (exact) mass is 423 g/mol. The summed E-state index contributed by atoms with van der Waals surface area (Å²) in [6.45, 7) is 6.88. The molecule has 1 N–H and O–H groups in total. The van der Waals surface area contributed by atoms with E-state index < -0.39 is 0 Å². The number of pyridine rings is 1. The van der Waals surface area contributed by atoms with Crippen LogP contribution in [0.4, 0.5) is 5.82 Å². The van der Waals surface area contributed by atoms with E-state index in [0.717, 1.165) is 67.7 Å². The van der Waals surface area contributed by atoms with Crippen molar-refractivity contribution in [1.82, 2.24) is 19.9 Å². The molecule has 1 aromatic carbocycles. The Kier molecular flexibility index (Phi) is 6.45. The molecule has 2 aromatic heterocycles. The van der Waals surface area contributed by atoms with Gasteiger partial charge in [-0.05, 0) is 42.7 Å². The van der Waals surface area contributed by atoms with Crippen molar-refractivity contribution < 1.29 is 0 Å². The minimum Gasteiger partial charge on any atom is -0.355 e. The largest absolute Gasteiger partial charge is 0.355 e. The van der Waals surface area contributed by atoms with E-state index in [4.69, 9.17) is 11.6 Å². The van der Waals surface area contributed by atoms with Gasteiger partial charge in [-0.3, -0.25) is 9.69 Å². The molecule has 1 aliphatic heterocycles. The Balaban J connectivity index is 1.41. The van der Waals surface area contributed by atoms with Crippen LogP contribution < -0.4 is 10.5 Å². The first kappa shape index (κ1) is 20.6. The summed E-state index contributed by atoms with van der Waals surface area (Å²) >= 11 is 5.99. The highest BCUT2D eigenvalue weighted by Crippen LogP contribution is 2.20. The van der Waals surface area contributed by atoms with Crippen molar-refractivity contribution >= 4 is 17.4 Å². The fourth-order valence-corrected chi connectivity index (χ4v) is 3.87. The predicted octanol–water partition coefficient (Wildman–Crippen LogP) is 3.76. The molecule has 30 heavy (non-hydrogen) atoms. The fraction of sp³-hybridized carbons (Fsp3) is 0.348. The molecule has 3 aromatic rings. The van der Waals surface area contributed by atoms with Gasteiger partial charge in [-0.25, -0.2) is 9.97 Å². The lowest BCUT2D eigenvalue weighted by Gasteiger charge is -2.23. The van der Waals surface area contributed by atoms with Crippen LogP contribution in [0.3, 0.4) is 0 Å². The maximum Gasteiger partial charge on any atom is 0.251 e. The number of aryl methyl sites for hydroxylation is 1. The number of benzene rings is 1. The molecule has 6 nitrogen and oxygen atoms in total. The van der Waals surface area contributed by atoms with Gasteiger partial charge in [-0.1, -0.05) is 30.7 Å². The quantitative estimate of drug-likeness (QED) is 0.676. The highest BCUT2D eigenvalue weighted by molar-refractivity contribution is 6.30. The van der Waals surface area contributed by atoms with Crippen LogP contribution >= 0.6 is 11.6 Å². The molecule has 0 bridgehead atoms. The zero-order valence-corrected chi connectivity index (χ0v) is 17.9. The van der Waals surface area contributed by atoms with E-state index in [2.05, 4.69) is 36.9 Å². The van der Waals surface area contributed by atoms with Crippen LogP contribution in [0.1, 0.15) is 24.6 Å². The summed E-state index contributed by atoms with van der Waals surface area (Å²) in [6.07, 6.45) is 3.61. The molecule has 7 heteroatoms. The maximum absolute atomic E-state index is 11.8. The van der Waals surface area contributed by atoms with Gasteiger partial charge in [0.2, 0.25) is 0 Å². The van der Waals surface area contributed by atoms with Gasteiger partial charge in [0, 0.05) is 61.3 Å². The molecule has 0 aliphatic carbocycles. The summed E-state index contributed by atoms with van der Waals surface area (Å²) in [5.74, 6) is 1.53. The lowest BCUT2D eigenvalue weighted by atomic mass is 10.2. The number of aromatic nitrogens is 3. The second-order valence-electron chi connectivity index (χ2n) is 7.59. The van der Waals surface area contributed by atoms with Gasteiger partial charge in [-0.2, -0.15) is 0 Å². The third-order valence-electron chi connectivity index (χ3n) is 5.41. The first-order valence-corrected chi connectivity index (χ1v) is 10.8. The predicted molar refractivity (Wildman–Crippen MR) is 121 cm³/mol. The second kappa shape index (κ2) is 9.41. The number of anilines is 1. The molecule has 3 heterocycles. The van der Waals surface area contributed by atoms with Crippen molar-refractivity contribution in [3.05, 3.63) is 75.3 Å². The minimum absolute atomic E-state index is 0.130. The molecule has 0 unspecified atom stereocenters. The highest BCUT2D eigenvalue weighted by Gasteiger charge is 2.16. The van der Waals surface area contributed by atoms with Gasteiger partial charge >= 0.3 is 0 Å². The topological polar surface area (TPSA) is 65.1 Å². The third-order valence-corrected chi connectivity index (χ3v) is 5.66. The smallest absolute Gasteiger partial charge is 0.251 e. The molecular weight excluding hydrogens is 398 g/mol. The molecule has 1 saturated heterocycles. The van der Waals surface area contributed by atoms with Gasteiger partial charge in [0.25, 0.3) is 5.56 Å². The first-order chi connectivity index (χ1) is 14.6. The Morgan fingerprint density at radius 1 is 1.07 bits per heavy atom. The van der Waals surface area contributed by atoms with Crippen LogP contribution in [0.5, 0.6) is 0 Å². The summed E-state index contributed by atoms with van der Waals surface area (Å²) in [4.78, 5) is 28.6. The van der Waals surface area contributed by atoms with E-state index in [1.807, 2.05) is 31.2 Å². The van der Waals surface area contributed by atoms with E-state index in [-0.39, 0.29) is 5.56 Å². The third kappa shape index (κ3) is 5.07. The van der Waals surface area contributed by atoms with Gasteiger partial charge in [0.15, 0.2) is 0 Å². The normalized spacial score (nSPS) is 15.2. The molecule has 1 aliphatic rings.